The van der Waals surface area contributed by atoms with Gasteiger partial charge in [0.2, 0.25) is 5.75 Å². The van der Waals surface area contributed by atoms with E-state index in [4.69, 9.17) is 4.42 Å². The first-order valence-electron chi connectivity index (χ1n) is 5.85. The normalized spacial score (nSPS) is 10.3. The van der Waals surface area contributed by atoms with Crippen molar-refractivity contribution in [2.45, 2.75) is 0 Å². The first kappa shape index (κ1) is 15.1. The van der Waals surface area contributed by atoms with E-state index in [-0.39, 0.29) is 30.4 Å². The number of fused-ring (bicyclic) bond motifs is 1. The summed E-state index contributed by atoms with van der Waals surface area (Å²) in [7, 11) is 0. The number of phenols is 3. The second-order valence-electron chi connectivity index (χ2n) is 4.31. The van der Waals surface area contributed by atoms with Gasteiger partial charge in [0.25, 0.3) is 0 Å². The second kappa shape index (κ2) is 5.58. The molecule has 0 fully saturated rings. The molecule has 2 aromatic carbocycles. The van der Waals surface area contributed by atoms with Crippen molar-refractivity contribution in [1.82, 2.24) is 0 Å². The van der Waals surface area contributed by atoms with Gasteiger partial charge in [0.1, 0.15) is 16.7 Å². The van der Waals surface area contributed by atoms with Crippen LogP contribution in [-0.4, -0.2) is 15.3 Å². The third-order valence-corrected chi connectivity index (χ3v) is 3.00. The van der Waals surface area contributed by atoms with E-state index in [0.717, 1.165) is 6.07 Å². The Morgan fingerprint density at radius 3 is 2.24 bits per heavy atom. The molecule has 21 heavy (non-hydrogen) atoms. The molecule has 3 rings (SSSR count). The molecular weight excluding hydrogens is 326 g/mol. The smallest absolute Gasteiger partial charge is 0.201 e. The van der Waals surface area contributed by atoms with Gasteiger partial charge in [0, 0.05) is 37.2 Å². The van der Waals surface area contributed by atoms with Crippen LogP contribution in [0.15, 0.2) is 51.7 Å². The Morgan fingerprint density at radius 1 is 0.905 bits per heavy atom. The van der Waals surface area contributed by atoms with E-state index in [9.17, 15) is 20.1 Å². The van der Waals surface area contributed by atoms with Crippen LogP contribution in [0, 0.1) is 0 Å². The Hall–Kier alpha value is -2.33. The van der Waals surface area contributed by atoms with Crippen molar-refractivity contribution in [2.75, 3.05) is 0 Å². The Labute approximate surface area is 131 Å². The van der Waals surface area contributed by atoms with Gasteiger partial charge < -0.3 is 19.7 Å². The molecular formula is C15H10O5Zn. The van der Waals surface area contributed by atoms with Crippen LogP contribution in [0.25, 0.3) is 22.3 Å². The van der Waals surface area contributed by atoms with E-state index in [1.165, 1.54) is 6.07 Å². The summed E-state index contributed by atoms with van der Waals surface area (Å²) in [4.78, 5) is 12.0. The number of hydrogen-bond acceptors (Lipinski definition) is 5. The fourth-order valence-corrected chi connectivity index (χ4v) is 2.02. The van der Waals surface area contributed by atoms with Crippen LogP contribution in [0.4, 0.5) is 0 Å². The Morgan fingerprint density at radius 2 is 1.57 bits per heavy atom. The zero-order valence-corrected chi connectivity index (χ0v) is 13.9. The minimum absolute atomic E-state index is 0. The number of rotatable bonds is 1. The maximum atomic E-state index is 12.0. The number of aromatic hydroxyl groups is 3. The van der Waals surface area contributed by atoms with Crippen LogP contribution >= 0.6 is 0 Å². The van der Waals surface area contributed by atoms with Gasteiger partial charge in [0.15, 0.2) is 16.9 Å². The first-order valence-corrected chi connectivity index (χ1v) is 5.85. The van der Waals surface area contributed by atoms with E-state index < -0.39 is 22.7 Å². The number of hydrogen-bond donors (Lipinski definition) is 3. The average Bonchev–Trinajstić information content (AvgIpc) is 2.45. The van der Waals surface area contributed by atoms with E-state index in [1.54, 1.807) is 24.3 Å². The predicted octanol–water partition coefficient (Wildman–Crippen LogP) is 2.57. The summed E-state index contributed by atoms with van der Waals surface area (Å²) in [6.07, 6.45) is 0. The molecule has 1 heterocycles. The monoisotopic (exact) mass is 334 g/mol. The Balaban J connectivity index is 0.00000161. The SMILES string of the molecule is O=c1cc(-c2ccccc2)oc2cc(O)c(O)c(O)c12.[Zn]. The molecule has 0 bridgehead atoms. The van der Waals surface area contributed by atoms with E-state index in [1.807, 2.05) is 6.07 Å². The van der Waals surface area contributed by atoms with Crippen LogP contribution in [0.2, 0.25) is 0 Å². The second-order valence-corrected chi connectivity index (χ2v) is 4.31. The molecule has 0 aliphatic carbocycles. The van der Waals surface area contributed by atoms with E-state index in [0.29, 0.717) is 11.3 Å². The molecule has 0 saturated heterocycles. The fraction of sp³-hybridized carbons (Fsp3) is 0. The molecule has 0 amide bonds. The van der Waals surface area contributed by atoms with Gasteiger partial charge in [-0.1, -0.05) is 30.3 Å². The Kier molecular flexibility index (Phi) is 4.00. The van der Waals surface area contributed by atoms with Crippen molar-refractivity contribution in [3.8, 4) is 28.6 Å². The van der Waals surface area contributed by atoms with Gasteiger partial charge in [0.05, 0.1) is 0 Å². The fourth-order valence-electron chi connectivity index (χ4n) is 2.02. The van der Waals surface area contributed by atoms with Crippen LogP contribution in [0.5, 0.6) is 17.2 Å². The van der Waals surface area contributed by atoms with E-state index >= 15 is 0 Å². The van der Waals surface area contributed by atoms with Gasteiger partial charge in [-0.2, -0.15) is 0 Å². The topological polar surface area (TPSA) is 90.9 Å². The quantitative estimate of drug-likeness (QED) is 0.469. The molecule has 102 valence electrons. The largest absolute Gasteiger partial charge is 0.504 e. The molecule has 6 heteroatoms. The maximum absolute atomic E-state index is 12.0. The van der Waals surface area contributed by atoms with Gasteiger partial charge >= 0.3 is 0 Å². The molecule has 0 aliphatic heterocycles. The first-order chi connectivity index (χ1) is 9.58. The molecule has 3 aromatic rings. The summed E-state index contributed by atoms with van der Waals surface area (Å²) in [5.41, 5.74) is 0.195. The summed E-state index contributed by atoms with van der Waals surface area (Å²) in [5.74, 6) is -1.67. The summed E-state index contributed by atoms with van der Waals surface area (Å²) in [6.45, 7) is 0. The van der Waals surface area contributed by atoms with Crippen molar-refractivity contribution in [3.63, 3.8) is 0 Å². The van der Waals surface area contributed by atoms with Crippen molar-refractivity contribution < 1.29 is 39.2 Å². The maximum Gasteiger partial charge on any atom is 0.201 e. The number of phenolic OH excluding ortho intramolecular Hbond substituents is 3. The van der Waals surface area contributed by atoms with Crippen LogP contribution < -0.4 is 5.43 Å². The van der Waals surface area contributed by atoms with Crippen molar-refractivity contribution in [1.29, 1.82) is 0 Å². The molecule has 1 aromatic heterocycles. The standard InChI is InChI=1S/C15H10O5.Zn/c16-9-6-11(8-4-2-1-3-5-8)20-12-7-10(17)14(18)15(19)13(9)12;/h1-7,17-19H;. The zero-order chi connectivity index (χ0) is 14.3. The van der Waals surface area contributed by atoms with Crippen molar-refractivity contribution in [3.05, 3.63) is 52.7 Å². The Bertz CT molecular complexity index is 855. The van der Waals surface area contributed by atoms with Crippen LogP contribution in [0.3, 0.4) is 0 Å². The van der Waals surface area contributed by atoms with E-state index in [2.05, 4.69) is 0 Å². The molecule has 3 N–H and O–H groups in total. The summed E-state index contributed by atoms with van der Waals surface area (Å²) < 4.78 is 5.51. The minimum Gasteiger partial charge on any atom is -0.504 e. The van der Waals surface area contributed by atoms with Gasteiger partial charge in [-0.25, -0.2) is 0 Å². The number of benzene rings is 2. The molecule has 0 saturated carbocycles. The molecule has 0 aliphatic rings. The van der Waals surface area contributed by atoms with Crippen LogP contribution in [0.1, 0.15) is 0 Å². The van der Waals surface area contributed by atoms with Gasteiger partial charge in [-0.3, -0.25) is 4.79 Å². The summed E-state index contributed by atoms with van der Waals surface area (Å²) >= 11 is 0. The molecule has 0 unspecified atom stereocenters. The molecule has 5 nitrogen and oxygen atoms in total. The third kappa shape index (κ3) is 2.50. The molecule has 0 atom stereocenters. The minimum atomic E-state index is -0.739. The van der Waals surface area contributed by atoms with Gasteiger partial charge in [-0.05, 0) is 0 Å². The predicted molar refractivity (Wildman–Crippen MR) is 72.9 cm³/mol. The van der Waals surface area contributed by atoms with Crippen molar-refractivity contribution in [2.24, 2.45) is 0 Å². The molecule has 0 spiro atoms. The molecule has 0 radical (unpaired) electrons. The average molecular weight is 336 g/mol. The van der Waals surface area contributed by atoms with Crippen molar-refractivity contribution >= 4 is 11.0 Å². The zero-order valence-electron chi connectivity index (χ0n) is 10.9. The van der Waals surface area contributed by atoms with Crippen LogP contribution in [-0.2, 0) is 19.5 Å². The summed E-state index contributed by atoms with van der Waals surface area (Å²) in [6, 6.07) is 11.3. The van der Waals surface area contributed by atoms with Gasteiger partial charge in [-0.15, -0.1) is 0 Å². The third-order valence-electron chi connectivity index (χ3n) is 3.00. The summed E-state index contributed by atoms with van der Waals surface area (Å²) in [5, 5.41) is 28.5.